The van der Waals surface area contributed by atoms with Gasteiger partial charge in [0.05, 0.1) is 6.61 Å². The van der Waals surface area contributed by atoms with Gasteiger partial charge in [0.15, 0.2) is 11.5 Å². The molecule has 0 saturated heterocycles. The Bertz CT molecular complexity index is 517. The maximum atomic E-state index is 5.89. The minimum atomic E-state index is 0.611. The number of hydrogen-bond acceptors (Lipinski definition) is 4. The Balaban J connectivity index is 2.49. The fourth-order valence-corrected chi connectivity index (χ4v) is 1.68. The lowest BCUT2D eigenvalue weighted by atomic mass is 10.1. The molecule has 0 fully saturated rings. The maximum absolute atomic E-state index is 5.89. The van der Waals surface area contributed by atoms with E-state index in [-0.39, 0.29) is 0 Å². The van der Waals surface area contributed by atoms with Gasteiger partial charge in [0.2, 0.25) is 0 Å². The van der Waals surface area contributed by atoms with Crippen molar-refractivity contribution in [1.29, 1.82) is 0 Å². The van der Waals surface area contributed by atoms with Gasteiger partial charge in [0, 0.05) is 19.2 Å². The quantitative estimate of drug-likeness (QED) is 0.805. The second-order valence-electron chi connectivity index (χ2n) is 3.91. The summed E-state index contributed by atoms with van der Waals surface area (Å²) in [5.74, 6) is 0.699. The highest BCUT2D eigenvalue weighted by atomic mass is 16.5. The molecule has 4 nitrogen and oxygen atoms in total. The zero-order valence-corrected chi connectivity index (χ0v) is 9.83. The number of nitrogens with two attached hydrogens (primary N) is 1. The number of fused-ring (bicyclic) bond motifs is 1. The van der Waals surface area contributed by atoms with E-state index in [0.29, 0.717) is 18.9 Å². The number of nitrogen functional groups attached to an aromatic ring is 1. The molecule has 2 rings (SSSR count). The van der Waals surface area contributed by atoms with Gasteiger partial charge in [-0.2, -0.15) is 0 Å². The fourth-order valence-electron chi connectivity index (χ4n) is 1.68. The van der Waals surface area contributed by atoms with Crippen molar-refractivity contribution < 1.29 is 9.15 Å². The molecule has 1 heterocycles. The number of rotatable bonds is 3. The number of anilines is 1. The number of methoxy groups -OCH3 is 1. The summed E-state index contributed by atoms with van der Waals surface area (Å²) in [5.41, 5.74) is 10.4. The van der Waals surface area contributed by atoms with Crippen LogP contribution in [0, 0.1) is 13.8 Å². The Morgan fingerprint density at radius 3 is 2.81 bits per heavy atom. The van der Waals surface area contributed by atoms with Crippen LogP contribution in [0.4, 0.5) is 5.69 Å². The van der Waals surface area contributed by atoms with E-state index in [0.717, 1.165) is 27.9 Å². The standard InChI is InChI=1S/C12H16N2O2/c1-7-8(2)12-10(6-9(7)13)14-11(16-12)4-5-15-3/h6H,4-5,13H2,1-3H3. The third-order valence-electron chi connectivity index (χ3n) is 2.85. The van der Waals surface area contributed by atoms with Crippen molar-refractivity contribution >= 4 is 16.8 Å². The van der Waals surface area contributed by atoms with Crippen LogP contribution in [0.5, 0.6) is 0 Å². The highest BCUT2D eigenvalue weighted by Crippen LogP contribution is 2.27. The maximum Gasteiger partial charge on any atom is 0.197 e. The Kier molecular flexibility index (Phi) is 2.83. The number of hydrogen-bond donors (Lipinski definition) is 1. The van der Waals surface area contributed by atoms with Gasteiger partial charge in [-0.3, -0.25) is 0 Å². The van der Waals surface area contributed by atoms with Crippen molar-refractivity contribution in [2.24, 2.45) is 0 Å². The van der Waals surface area contributed by atoms with Crippen LogP contribution in [0.2, 0.25) is 0 Å². The van der Waals surface area contributed by atoms with Gasteiger partial charge < -0.3 is 14.9 Å². The van der Waals surface area contributed by atoms with E-state index in [1.54, 1.807) is 7.11 Å². The number of ether oxygens (including phenoxy) is 1. The van der Waals surface area contributed by atoms with E-state index in [1.807, 2.05) is 19.9 Å². The van der Waals surface area contributed by atoms with Gasteiger partial charge in [0.1, 0.15) is 5.52 Å². The normalized spacial score (nSPS) is 11.2. The van der Waals surface area contributed by atoms with Gasteiger partial charge in [-0.25, -0.2) is 4.98 Å². The average molecular weight is 220 g/mol. The first-order chi connectivity index (χ1) is 7.63. The van der Waals surface area contributed by atoms with Crippen LogP contribution in [0.3, 0.4) is 0 Å². The van der Waals surface area contributed by atoms with Crippen molar-refractivity contribution in [3.05, 3.63) is 23.1 Å². The van der Waals surface area contributed by atoms with Crippen molar-refractivity contribution in [1.82, 2.24) is 4.98 Å². The van der Waals surface area contributed by atoms with Crippen LogP contribution in [0.15, 0.2) is 10.5 Å². The molecule has 0 aliphatic rings. The molecular formula is C12H16N2O2. The van der Waals surface area contributed by atoms with Crippen LogP contribution in [-0.2, 0) is 11.2 Å². The summed E-state index contributed by atoms with van der Waals surface area (Å²) in [6.45, 7) is 4.60. The molecule has 0 saturated carbocycles. The zero-order valence-electron chi connectivity index (χ0n) is 9.83. The second-order valence-corrected chi connectivity index (χ2v) is 3.91. The predicted octanol–water partition coefficient (Wildman–Crippen LogP) is 2.22. The number of benzene rings is 1. The first-order valence-corrected chi connectivity index (χ1v) is 5.27. The van der Waals surface area contributed by atoms with Crippen LogP contribution in [0.25, 0.3) is 11.1 Å². The number of oxazole rings is 1. The Morgan fingerprint density at radius 2 is 2.12 bits per heavy atom. The molecule has 0 unspecified atom stereocenters. The Morgan fingerprint density at radius 1 is 1.38 bits per heavy atom. The van der Waals surface area contributed by atoms with Crippen LogP contribution >= 0.6 is 0 Å². The summed E-state index contributed by atoms with van der Waals surface area (Å²) >= 11 is 0. The van der Waals surface area contributed by atoms with Crippen LogP contribution in [-0.4, -0.2) is 18.7 Å². The van der Waals surface area contributed by atoms with Gasteiger partial charge in [-0.15, -0.1) is 0 Å². The molecule has 1 aromatic carbocycles. The zero-order chi connectivity index (χ0) is 11.7. The number of aryl methyl sites for hydroxylation is 1. The first kappa shape index (κ1) is 11.0. The molecule has 4 heteroatoms. The molecule has 0 amide bonds. The molecule has 0 bridgehead atoms. The lowest BCUT2D eigenvalue weighted by Gasteiger charge is -2.02. The fraction of sp³-hybridized carbons (Fsp3) is 0.417. The third kappa shape index (κ3) is 1.76. The molecule has 2 aromatic rings. The van der Waals surface area contributed by atoms with E-state index in [2.05, 4.69) is 4.98 Å². The third-order valence-corrected chi connectivity index (χ3v) is 2.85. The summed E-state index contributed by atoms with van der Waals surface area (Å²) in [4.78, 5) is 4.39. The second kappa shape index (κ2) is 4.14. The van der Waals surface area contributed by atoms with Gasteiger partial charge >= 0.3 is 0 Å². The Hall–Kier alpha value is -1.55. The number of nitrogens with zero attached hydrogens (tertiary/aromatic N) is 1. The highest BCUT2D eigenvalue weighted by Gasteiger charge is 2.11. The summed E-state index contributed by atoms with van der Waals surface area (Å²) in [5, 5.41) is 0. The summed E-state index contributed by atoms with van der Waals surface area (Å²) in [7, 11) is 1.66. The largest absolute Gasteiger partial charge is 0.440 e. The van der Waals surface area contributed by atoms with Crippen molar-refractivity contribution in [2.75, 3.05) is 19.5 Å². The summed E-state index contributed by atoms with van der Waals surface area (Å²) in [6.07, 6.45) is 0.684. The van der Waals surface area contributed by atoms with Gasteiger partial charge in [-0.05, 0) is 31.0 Å². The average Bonchev–Trinajstić information content (AvgIpc) is 2.66. The van der Waals surface area contributed by atoms with Gasteiger partial charge in [0.25, 0.3) is 0 Å². The van der Waals surface area contributed by atoms with Crippen molar-refractivity contribution in [3.63, 3.8) is 0 Å². The molecule has 16 heavy (non-hydrogen) atoms. The lowest BCUT2D eigenvalue weighted by molar-refractivity contribution is 0.196. The van der Waals surface area contributed by atoms with Gasteiger partial charge in [-0.1, -0.05) is 0 Å². The lowest BCUT2D eigenvalue weighted by Crippen LogP contribution is -1.93. The van der Waals surface area contributed by atoms with Crippen LogP contribution in [0.1, 0.15) is 17.0 Å². The van der Waals surface area contributed by atoms with E-state index in [4.69, 9.17) is 14.9 Å². The molecule has 0 radical (unpaired) electrons. The topological polar surface area (TPSA) is 61.3 Å². The molecular weight excluding hydrogens is 204 g/mol. The molecule has 0 aliphatic heterocycles. The summed E-state index contributed by atoms with van der Waals surface area (Å²) < 4.78 is 10.7. The van der Waals surface area contributed by atoms with E-state index in [9.17, 15) is 0 Å². The minimum absolute atomic E-state index is 0.611. The minimum Gasteiger partial charge on any atom is -0.440 e. The first-order valence-electron chi connectivity index (χ1n) is 5.27. The molecule has 86 valence electrons. The highest BCUT2D eigenvalue weighted by molar-refractivity contribution is 5.82. The van der Waals surface area contributed by atoms with Crippen molar-refractivity contribution in [2.45, 2.75) is 20.3 Å². The molecule has 2 N–H and O–H groups in total. The molecule has 0 aliphatic carbocycles. The molecule has 0 spiro atoms. The monoisotopic (exact) mass is 220 g/mol. The number of aromatic nitrogens is 1. The van der Waals surface area contributed by atoms with E-state index < -0.39 is 0 Å². The van der Waals surface area contributed by atoms with E-state index in [1.165, 1.54) is 0 Å². The molecule has 0 atom stereocenters. The smallest absolute Gasteiger partial charge is 0.197 e. The molecule has 1 aromatic heterocycles. The summed E-state index contributed by atoms with van der Waals surface area (Å²) in [6, 6.07) is 1.86. The Labute approximate surface area is 94.4 Å². The van der Waals surface area contributed by atoms with Crippen molar-refractivity contribution in [3.8, 4) is 0 Å². The SMILES string of the molecule is COCCc1nc2cc(N)c(C)c(C)c2o1. The van der Waals surface area contributed by atoms with E-state index >= 15 is 0 Å². The predicted molar refractivity (Wildman–Crippen MR) is 63.5 cm³/mol. The van der Waals surface area contributed by atoms with Crippen LogP contribution < -0.4 is 5.73 Å².